The van der Waals surface area contributed by atoms with Gasteiger partial charge in [0.05, 0.1) is 0 Å². The molecule has 0 atom stereocenters. The highest BCUT2D eigenvalue weighted by atomic mass is 16.1. The average molecular weight is 325 g/mol. The minimum atomic E-state index is -0.213. The molecular weight excluding hydrogens is 302 g/mol. The van der Waals surface area contributed by atoms with Crippen molar-refractivity contribution < 1.29 is 4.79 Å². The molecule has 2 N–H and O–H groups in total. The maximum Gasteiger partial charge on any atom is 0.271 e. The first kappa shape index (κ1) is 16.2. The van der Waals surface area contributed by atoms with Crippen molar-refractivity contribution in [1.82, 2.24) is 15.5 Å². The van der Waals surface area contributed by atoms with E-state index < -0.39 is 0 Å². The summed E-state index contributed by atoms with van der Waals surface area (Å²) in [6, 6.07) is 12.5. The summed E-state index contributed by atoms with van der Waals surface area (Å²) in [6.07, 6.45) is 2.10. The second-order valence-electron chi connectivity index (χ2n) is 6.13. The van der Waals surface area contributed by atoms with E-state index in [4.69, 9.17) is 0 Å². The SMILES string of the molecule is CNC(=O)c1ccc(N2CCC(Nc3cccc(C)c3)CC2)nn1. The fourth-order valence-corrected chi connectivity index (χ4v) is 2.97. The number of carbonyl (C=O) groups excluding carboxylic acids is 1. The van der Waals surface area contributed by atoms with Crippen LogP contribution in [0.4, 0.5) is 11.5 Å². The first-order valence-electron chi connectivity index (χ1n) is 8.29. The number of nitrogens with one attached hydrogen (secondary N) is 2. The van der Waals surface area contributed by atoms with Crippen LogP contribution >= 0.6 is 0 Å². The van der Waals surface area contributed by atoms with Crippen LogP contribution in [0.1, 0.15) is 28.9 Å². The summed E-state index contributed by atoms with van der Waals surface area (Å²) in [5.74, 6) is 0.617. The summed E-state index contributed by atoms with van der Waals surface area (Å²) < 4.78 is 0. The van der Waals surface area contributed by atoms with Crippen LogP contribution < -0.4 is 15.5 Å². The normalized spacial score (nSPS) is 15.2. The highest BCUT2D eigenvalue weighted by molar-refractivity contribution is 5.91. The van der Waals surface area contributed by atoms with Crippen molar-refractivity contribution in [2.24, 2.45) is 0 Å². The predicted octanol–water partition coefficient (Wildman–Crippen LogP) is 2.23. The maximum atomic E-state index is 11.5. The standard InChI is InChI=1S/C18H23N5O/c1-13-4-3-5-15(12-13)20-14-8-10-23(11-9-14)17-7-6-16(21-22-17)18(24)19-2/h3-7,12,14,20H,8-11H2,1-2H3,(H,19,24). The molecule has 1 saturated heterocycles. The summed E-state index contributed by atoms with van der Waals surface area (Å²) >= 11 is 0. The van der Waals surface area contributed by atoms with Crippen molar-refractivity contribution in [3.8, 4) is 0 Å². The number of benzene rings is 1. The van der Waals surface area contributed by atoms with E-state index in [0.29, 0.717) is 11.7 Å². The summed E-state index contributed by atoms with van der Waals surface area (Å²) in [5.41, 5.74) is 2.80. The van der Waals surface area contributed by atoms with Crippen molar-refractivity contribution in [3.05, 3.63) is 47.7 Å². The van der Waals surface area contributed by atoms with Crippen molar-refractivity contribution >= 4 is 17.4 Å². The lowest BCUT2D eigenvalue weighted by molar-refractivity contribution is 0.0957. The lowest BCUT2D eigenvalue weighted by Crippen LogP contribution is -2.39. The number of carbonyl (C=O) groups is 1. The van der Waals surface area contributed by atoms with Gasteiger partial charge < -0.3 is 15.5 Å². The van der Waals surface area contributed by atoms with Crippen LogP contribution in [0.2, 0.25) is 0 Å². The number of anilines is 2. The molecule has 1 aliphatic heterocycles. The minimum Gasteiger partial charge on any atom is -0.382 e. The van der Waals surface area contributed by atoms with Gasteiger partial charge in [-0.1, -0.05) is 12.1 Å². The summed E-state index contributed by atoms with van der Waals surface area (Å²) in [4.78, 5) is 13.7. The Labute approximate surface area is 142 Å². The van der Waals surface area contributed by atoms with E-state index in [1.165, 1.54) is 11.3 Å². The van der Waals surface area contributed by atoms with E-state index in [9.17, 15) is 4.79 Å². The molecule has 1 aromatic carbocycles. The van der Waals surface area contributed by atoms with Gasteiger partial charge in [0, 0.05) is 31.9 Å². The second kappa shape index (κ2) is 7.29. The molecule has 2 heterocycles. The van der Waals surface area contributed by atoms with Gasteiger partial charge in [0.25, 0.3) is 5.91 Å². The lowest BCUT2D eigenvalue weighted by atomic mass is 10.0. The number of amides is 1. The smallest absolute Gasteiger partial charge is 0.271 e. The molecule has 0 radical (unpaired) electrons. The van der Waals surface area contributed by atoms with E-state index in [-0.39, 0.29) is 5.91 Å². The number of aryl methyl sites for hydroxylation is 1. The van der Waals surface area contributed by atoms with Gasteiger partial charge in [-0.05, 0) is 49.6 Å². The third kappa shape index (κ3) is 3.82. The third-order valence-electron chi connectivity index (χ3n) is 4.32. The summed E-state index contributed by atoms with van der Waals surface area (Å²) in [7, 11) is 1.59. The molecule has 126 valence electrons. The fourth-order valence-electron chi connectivity index (χ4n) is 2.97. The Morgan fingerprint density at radius 1 is 1.17 bits per heavy atom. The molecule has 1 aliphatic rings. The Kier molecular flexibility index (Phi) is 4.93. The summed E-state index contributed by atoms with van der Waals surface area (Å²) in [5, 5.41) is 14.3. The minimum absolute atomic E-state index is 0.213. The van der Waals surface area contributed by atoms with E-state index in [1.54, 1.807) is 13.1 Å². The zero-order valence-electron chi connectivity index (χ0n) is 14.1. The molecule has 0 bridgehead atoms. The first-order chi connectivity index (χ1) is 11.7. The Bertz CT molecular complexity index is 693. The second-order valence-corrected chi connectivity index (χ2v) is 6.13. The molecule has 0 unspecified atom stereocenters. The van der Waals surface area contributed by atoms with E-state index in [0.717, 1.165) is 31.7 Å². The zero-order chi connectivity index (χ0) is 16.9. The zero-order valence-corrected chi connectivity index (χ0v) is 14.1. The number of piperidine rings is 1. The Morgan fingerprint density at radius 2 is 1.96 bits per heavy atom. The molecule has 1 fully saturated rings. The van der Waals surface area contributed by atoms with E-state index >= 15 is 0 Å². The molecular formula is C18H23N5O. The van der Waals surface area contributed by atoms with Gasteiger partial charge >= 0.3 is 0 Å². The largest absolute Gasteiger partial charge is 0.382 e. The van der Waals surface area contributed by atoms with E-state index in [2.05, 4.69) is 56.9 Å². The molecule has 6 nitrogen and oxygen atoms in total. The van der Waals surface area contributed by atoms with Crippen LogP contribution in [0.5, 0.6) is 0 Å². The van der Waals surface area contributed by atoms with Gasteiger partial charge in [-0.2, -0.15) is 0 Å². The average Bonchev–Trinajstić information content (AvgIpc) is 2.62. The highest BCUT2D eigenvalue weighted by Gasteiger charge is 2.20. The molecule has 1 aromatic heterocycles. The van der Waals surface area contributed by atoms with Crippen LogP contribution in [0.25, 0.3) is 0 Å². The fraction of sp³-hybridized carbons (Fsp3) is 0.389. The van der Waals surface area contributed by atoms with Crippen LogP contribution in [0, 0.1) is 6.92 Å². The third-order valence-corrected chi connectivity index (χ3v) is 4.32. The Morgan fingerprint density at radius 3 is 2.58 bits per heavy atom. The number of aromatic nitrogens is 2. The van der Waals surface area contributed by atoms with Gasteiger partial charge in [-0.25, -0.2) is 0 Å². The number of nitrogens with zero attached hydrogens (tertiary/aromatic N) is 3. The van der Waals surface area contributed by atoms with Gasteiger partial charge in [-0.15, -0.1) is 10.2 Å². The van der Waals surface area contributed by atoms with E-state index in [1.807, 2.05) is 6.07 Å². The monoisotopic (exact) mass is 325 g/mol. The molecule has 3 rings (SSSR count). The van der Waals surface area contributed by atoms with Gasteiger partial charge in [0.2, 0.25) is 0 Å². The van der Waals surface area contributed by atoms with Crippen molar-refractivity contribution in [3.63, 3.8) is 0 Å². The maximum absolute atomic E-state index is 11.5. The molecule has 24 heavy (non-hydrogen) atoms. The van der Waals surface area contributed by atoms with Crippen LogP contribution in [-0.2, 0) is 0 Å². The highest BCUT2D eigenvalue weighted by Crippen LogP contribution is 2.20. The lowest BCUT2D eigenvalue weighted by Gasteiger charge is -2.33. The molecule has 6 heteroatoms. The quantitative estimate of drug-likeness (QED) is 0.902. The molecule has 1 amide bonds. The van der Waals surface area contributed by atoms with Crippen LogP contribution in [0.15, 0.2) is 36.4 Å². The Balaban J connectivity index is 1.56. The molecule has 0 aliphatic carbocycles. The van der Waals surface area contributed by atoms with Gasteiger partial charge in [0.1, 0.15) is 0 Å². The van der Waals surface area contributed by atoms with Crippen LogP contribution in [0.3, 0.4) is 0 Å². The van der Waals surface area contributed by atoms with Gasteiger partial charge in [-0.3, -0.25) is 4.79 Å². The van der Waals surface area contributed by atoms with Crippen molar-refractivity contribution in [2.75, 3.05) is 30.4 Å². The molecule has 0 spiro atoms. The van der Waals surface area contributed by atoms with Crippen molar-refractivity contribution in [2.45, 2.75) is 25.8 Å². The Hall–Kier alpha value is -2.63. The van der Waals surface area contributed by atoms with Crippen molar-refractivity contribution in [1.29, 1.82) is 0 Å². The summed E-state index contributed by atoms with van der Waals surface area (Å²) in [6.45, 7) is 3.96. The van der Waals surface area contributed by atoms with Crippen LogP contribution in [-0.4, -0.2) is 42.3 Å². The molecule has 0 saturated carbocycles. The first-order valence-corrected chi connectivity index (χ1v) is 8.29. The topological polar surface area (TPSA) is 70.2 Å². The number of hydrogen-bond acceptors (Lipinski definition) is 5. The number of hydrogen-bond donors (Lipinski definition) is 2. The van der Waals surface area contributed by atoms with Gasteiger partial charge in [0.15, 0.2) is 11.5 Å². The predicted molar refractivity (Wildman–Crippen MR) is 95.5 cm³/mol. The molecule has 2 aromatic rings. The number of rotatable bonds is 4.